The zero-order valence-electron chi connectivity index (χ0n) is 11.2. The molecule has 0 spiro atoms. The highest BCUT2D eigenvalue weighted by Crippen LogP contribution is 2.26. The Morgan fingerprint density at radius 2 is 1.67 bits per heavy atom. The van der Waals surface area contributed by atoms with Crippen LogP contribution < -0.4 is 0 Å². The molecule has 0 fully saturated rings. The molecule has 0 aromatic carbocycles. The van der Waals surface area contributed by atoms with E-state index >= 15 is 0 Å². The topological polar surface area (TPSA) is 29.5 Å². The molecule has 2 heteroatoms. The molecule has 2 nitrogen and oxygen atoms in total. The Bertz CT molecular complexity index is 162. The zero-order valence-corrected chi connectivity index (χ0v) is 11.2. The number of aliphatic hydroxyl groups is 1. The van der Waals surface area contributed by atoms with Gasteiger partial charge in [0.05, 0.1) is 19.3 Å². The van der Waals surface area contributed by atoms with Crippen molar-refractivity contribution in [2.24, 2.45) is 17.3 Å². The molecular weight excluding hydrogens is 188 g/mol. The van der Waals surface area contributed by atoms with Crippen LogP contribution in [0.15, 0.2) is 0 Å². The van der Waals surface area contributed by atoms with Crippen LogP contribution in [0.5, 0.6) is 0 Å². The van der Waals surface area contributed by atoms with E-state index in [1.165, 1.54) is 0 Å². The lowest BCUT2D eigenvalue weighted by Gasteiger charge is -2.29. The fourth-order valence-electron chi connectivity index (χ4n) is 1.95. The number of hydrogen-bond donors (Lipinski definition) is 1. The predicted molar refractivity (Wildman–Crippen MR) is 64.9 cm³/mol. The molecule has 0 saturated heterocycles. The number of rotatable bonds is 7. The molecule has 15 heavy (non-hydrogen) atoms. The zero-order chi connectivity index (χ0) is 12.1. The number of aliphatic hydroxyl groups excluding tert-OH is 1. The van der Waals surface area contributed by atoms with Gasteiger partial charge in [-0.05, 0) is 23.7 Å². The Balaban J connectivity index is 4.00. The third kappa shape index (κ3) is 6.91. The standard InChI is InChI=1S/C13H28O2/c1-10(2)7-13(5,6)9-15-12(8-14)11(3)4/h10-12,14H,7-9H2,1-6H3. The number of ether oxygens (including phenoxy) is 1. The molecular formula is C13H28O2. The van der Waals surface area contributed by atoms with Crippen molar-refractivity contribution in [3.05, 3.63) is 0 Å². The highest BCUT2D eigenvalue weighted by molar-refractivity contribution is 4.71. The van der Waals surface area contributed by atoms with E-state index in [1.807, 2.05) is 0 Å². The fourth-order valence-corrected chi connectivity index (χ4v) is 1.95. The maximum atomic E-state index is 9.15. The maximum Gasteiger partial charge on any atom is 0.0828 e. The minimum absolute atomic E-state index is 0.0172. The normalized spacial score (nSPS) is 15.0. The minimum Gasteiger partial charge on any atom is -0.394 e. The molecule has 0 aromatic rings. The summed E-state index contributed by atoms with van der Waals surface area (Å²) in [6.07, 6.45) is 1.14. The summed E-state index contributed by atoms with van der Waals surface area (Å²) in [6.45, 7) is 13.9. The summed E-state index contributed by atoms with van der Waals surface area (Å²) in [5.41, 5.74) is 0.205. The molecule has 0 heterocycles. The van der Waals surface area contributed by atoms with E-state index in [0.717, 1.165) is 13.0 Å². The molecule has 0 aromatic heterocycles. The van der Waals surface area contributed by atoms with Gasteiger partial charge in [-0.3, -0.25) is 0 Å². The van der Waals surface area contributed by atoms with E-state index in [2.05, 4.69) is 41.5 Å². The average Bonchev–Trinajstić information content (AvgIpc) is 2.01. The SMILES string of the molecule is CC(C)CC(C)(C)COC(CO)C(C)C. The maximum absolute atomic E-state index is 9.15. The second kappa shape index (κ2) is 6.49. The summed E-state index contributed by atoms with van der Waals surface area (Å²) in [6, 6.07) is 0. The molecule has 0 saturated carbocycles. The molecule has 0 radical (unpaired) electrons. The van der Waals surface area contributed by atoms with E-state index in [0.29, 0.717) is 11.8 Å². The van der Waals surface area contributed by atoms with Gasteiger partial charge in [-0.15, -0.1) is 0 Å². The van der Waals surface area contributed by atoms with Crippen molar-refractivity contribution in [1.29, 1.82) is 0 Å². The van der Waals surface area contributed by atoms with Crippen LogP contribution in [0.25, 0.3) is 0 Å². The van der Waals surface area contributed by atoms with Gasteiger partial charge in [0.25, 0.3) is 0 Å². The lowest BCUT2D eigenvalue weighted by molar-refractivity contribution is -0.0505. The third-order valence-corrected chi connectivity index (χ3v) is 2.57. The molecule has 0 rings (SSSR count). The third-order valence-electron chi connectivity index (χ3n) is 2.57. The van der Waals surface area contributed by atoms with Crippen molar-refractivity contribution in [2.45, 2.75) is 54.1 Å². The Hall–Kier alpha value is -0.0800. The van der Waals surface area contributed by atoms with Crippen molar-refractivity contribution in [1.82, 2.24) is 0 Å². The highest BCUT2D eigenvalue weighted by atomic mass is 16.5. The molecule has 0 aliphatic carbocycles. The van der Waals surface area contributed by atoms with Gasteiger partial charge >= 0.3 is 0 Å². The highest BCUT2D eigenvalue weighted by Gasteiger charge is 2.22. The van der Waals surface area contributed by atoms with E-state index in [1.54, 1.807) is 0 Å². The van der Waals surface area contributed by atoms with E-state index in [9.17, 15) is 0 Å². The molecule has 1 unspecified atom stereocenters. The largest absolute Gasteiger partial charge is 0.394 e. The van der Waals surface area contributed by atoms with Crippen molar-refractivity contribution in [3.8, 4) is 0 Å². The van der Waals surface area contributed by atoms with Gasteiger partial charge in [0.1, 0.15) is 0 Å². The lowest BCUT2D eigenvalue weighted by Crippen LogP contribution is -2.30. The van der Waals surface area contributed by atoms with Gasteiger partial charge in [0.15, 0.2) is 0 Å². The first kappa shape index (κ1) is 14.9. The summed E-state index contributed by atoms with van der Waals surface area (Å²) in [5.74, 6) is 1.07. The Kier molecular flexibility index (Phi) is 6.46. The van der Waals surface area contributed by atoms with Crippen LogP contribution in [0.3, 0.4) is 0 Å². The Labute approximate surface area is 95.0 Å². The quantitative estimate of drug-likeness (QED) is 0.708. The Morgan fingerprint density at radius 1 is 1.13 bits per heavy atom. The first-order valence-electron chi connectivity index (χ1n) is 6.01. The summed E-state index contributed by atoms with van der Waals surface area (Å²) in [7, 11) is 0. The molecule has 0 aliphatic heterocycles. The van der Waals surface area contributed by atoms with Gasteiger partial charge in [-0.25, -0.2) is 0 Å². The van der Waals surface area contributed by atoms with Crippen LogP contribution in [0.1, 0.15) is 48.0 Å². The average molecular weight is 216 g/mol. The second-order valence-corrected chi connectivity index (χ2v) is 6.04. The molecule has 1 atom stereocenters. The monoisotopic (exact) mass is 216 g/mol. The summed E-state index contributed by atoms with van der Waals surface area (Å²) < 4.78 is 5.77. The molecule has 1 N–H and O–H groups in total. The molecule has 92 valence electrons. The van der Waals surface area contributed by atoms with Crippen LogP contribution >= 0.6 is 0 Å². The molecule has 0 amide bonds. The summed E-state index contributed by atoms with van der Waals surface area (Å²) in [4.78, 5) is 0. The fraction of sp³-hybridized carbons (Fsp3) is 1.00. The summed E-state index contributed by atoms with van der Waals surface area (Å²) >= 11 is 0. The number of hydrogen-bond acceptors (Lipinski definition) is 2. The van der Waals surface area contributed by atoms with Crippen molar-refractivity contribution in [3.63, 3.8) is 0 Å². The van der Waals surface area contributed by atoms with Gasteiger partial charge in [-0.2, -0.15) is 0 Å². The molecule has 0 bridgehead atoms. The van der Waals surface area contributed by atoms with Crippen LogP contribution in [-0.4, -0.2) is 24.4 Å². The minimum atomic E-state index is -0.0172. The van der Waals surface area contributed by atoms with Crippen LogP contribution in [0.4, 0.5) is 0 Å². The van der Waals surface area contributed by atoms with Crippen LogP contribution in [-0.2, 0) is 4.74 Å². The smallest absolute Gasteiger partial charge is 0.0828 e. The first-order valence-corrected chi connectivity index (χ1v) is 6.01. The van der Waals surface area contributed by atoms with E-state index in [-0.39, 0.29) is 18.1 Å². The van der Waals surface area contributed by atoms with E-state index in [4.69, 9.17) is 9.84 Å². The first-order chi connectivity index (χ1) is 6.78. The van der Waals surface area contributed by atoms with Gasteiger partial charge in [0, 0.05) is 0 Å². The van der Waals surface area contributed by atoms with Gasteiger partial charge in [0.2, 0.25) is 0 Å². The lowest BCUT2D eigenvalue weighted by atomic mass is 9.85. The van der Waals surface area contributed by atoms with Crippen LogP contribution in [0, 0.1) is 17.3 Å². The van der Waals surface area contributed by atoms with Crippen molar-refractivity contribution < 1.29 is 9.84 Å². The van der Waals surface area contributed by atoms with E-state index < -0.39 is 0 Å². The summed E-state index contributed by atoms with van der Waals surface area (Å²) in [5, 5.41) is 9.15. The van der Waals surface area contributed by atoms with Crippen molar-refractivity contribution in [2.75, 3.05) is 13.2 Å². The predicted octanol–water partition coefficient (Wildman–Crippen LogP) is 3.09. The van der Waals surface area contributed by atoms with Gasteiger partial charge < -0.3 is 9.84 Å². The second-order valence-electron chi connectivity index (χ2n) is 6.04. The Morgan fingerprint density at radius 3 is 2.00 bits per heavy atom. The van der Waals surface area contributed by atoms with Crippen LogP contribution in [0.2, 0.25) is 0 Å². The van der Waals surface area contributed by atoms with Crippen molar-refractivity contribution >= 4 is 0 Å². The molecule has 0 aliphatic rings. The van der Waals surface area contributed by atoms with Gasteiger partial charge in [-0.1, -0.05) is 41.5 Å².